The molecular weight excluding hydrogens is 1520 g/mol. The van der Waals surface area contributed by atoms with Gasteiger partial charge in [0.05, 0.1) is 22.0 Å². The molecule has 2 aliphatic rings. The Labute approximate surface area is 751 Å². The standard InChI is InChI=1S/C119H101BN6/c1-117(2,3)88-53-59-107-100(70-88)101-71-89(118(4,5)6)54-60-108(101)122(107)76-80-52-57-104-112(66-80)124(78-103-98(84-38-20-12-21-39-84)72-90(119(7,8)9)73-99(103)85-40-22-13-23-41-85)115-68-81(77-123-106-49-31-28-48-97(106)102-74-93(56-61-109(102)123)125(91-42-24-14-25-43-91)92-44-26-15-27-45-92)67-114-116(115)120(104)105-58-55-94(126-110-50-32-29-46-95(110)96-47-30-33-51-111(96)126)75-113(105)121(114)63-62-79-64-86(82-34-16-10-17-35-82)69-87(65-79)83-36-18-11-19-37-83/h10-61,64-75H,62-63,76-78H2,1-9H3/i29D,30D,32D,33D,46D,47D,50D,51D. The normalized spacial score (nSPS) is 13.6. The molecule has 0 bridgehead atoms. The van der Waals surface area contributed by atoms with Crippen LogP contribution in [0.1, 0.15) is 112 Å². The van der Waals surface area contributed by atoms with Crippen LogP contribution in [0.2, 0.25) is 0 Å². The zero-order valence-electron chi connectivity index (χ0n) is 80.6. The molecule has 0 saturated carbocycles. The second kappa shape index (κ2) is 30.8. The highest BCUT2D eigenvalue weighted by atomic mass is 15.2. The first-order valence-electron chi connectivity index (χ1n) is 48.2. The van der Waals surface area contributed by atoms with Crippen molar-refractivity contribution in [2.75, 3.05) is 21.2 Å². The molecule has 7 heteroatoms. The lowest BCUT2D eigenvalue weighted by Crippen LogP contribution is -2.62. The third-order valence-electron chi connectivity index (χ3n) is 26.4. The number of hydrogen-bond acceptors (Lipinski definition) is 3. The molecule has 0 unspecified atom stereocenters. The van der Waals surface area contributed by atoms with E-state index in [4.69, 9.17) is 0 Å². The summed E-state index contributed by atoms with van der Waals surface area (Å²) < 4.78 is 83.1. The Balaban J connectivity index is 0.845. The summed E-state index contributed by atoms with van der Waals surface area (Å²) in [6, 6.07) is 121. The molecule has 22 rings (SSSR count). The van der Waals surface area contributed by atoms with Crippen LogP contribution in [-0.2, 0) is 42.3 Å². The number of fused-ring (bicyclic) bond motifs is 13. The van der Waals surface area contributed by atoms with E-state index in [1.165, 1.54) is 33.0 Å². The van der Waals surface area contributed by atoms with Crippen molar-refractivity contribution in [1.29, 1.82) is 0 Å². The molecule has 0 spiro atoms. The van der Waals surface area contributed by atoms with E-state index in [0.29, 0.717) is 38.3 Å². The molecule has 0 aliphatic carbocycles. The minimum Gasteiger partial charge on any atom is -0.342 e. The van der Waals surface area contributed by atoms with E-state index in [9.17, 15) is 11.0 Å². The zero-order chi connectivity index (χ0) is 92.2. The van der Waals surface area contributed by atoms with Gasteiger partial charge in [-0.3, -0.25) is 0 Å². The lowest BCUT2D eigenvalue weighted by atomic mass is 9.33. The molecular formula is C119H101BN6. The molecule has 2 aliphatic heterocycles. The van der Waals surface area contributed by atoms with Gasteiger partial charge in [0.25, 0.3) is 6.71 Å². The van der Waals surface area contributed by atoms with Gasteiger partial charge in [-0.2, -0.15) is 0 Å². The van der Waals surface area contributed by atoms with E-state index in [1.54, 1.807) is 4.57 Å². The van der Waals surface area contributed by atoms with Crippen molar-refractivity contribution in [3.8, 4) is 50.2 Å². The summed E-state index contributed by atoms with van der Waals surface area (Å²) in [6.45, 7) is 22.1. The smallest absolute Gasteiger partial charge is 0.252 e. The Kier molecular flexibility index (Phi) is 16.9. The fraction of sp³-hybridized carbons (Fsp3) is 0.143. The summed E-state index contributed by atoms with van der Waals surface area (Å²) >= 11 is 0. The average Bonchev–Trinajstić information content (AvgIpc) is 1.09. The number of hydrogen-bond donors (Lipinski definition) is 0. The Morgan fingerprint density at radius 3 is 1.26 bits per heavy atom. The first kappa shape index (κ1) is 69.1. The maximum atomic E-state index is 9.95. The van der Waals surface area contributed by atoms with Gasteiger partial charge in [0, 0.05) is 126 Å². The van der Waals surface area contributed by atoms with Gasteiger partial charge in [-0.25, -0.2) is 0 Å². The van der Waals surface area contributed by atoms with Crippen molar-refractivity contribution in [3.05, 3.63) is 427 Å². The lowest BCUT2D eigenvalue weighted by Gasteiger charge is -2.45. The van der Waals surface area contributed by atoms with Gasteiger partial charge in [-0.1, -0.05) is 329 Å². The van der Waals surface area contributed by atoms with Gasteiger partial charge in [0.1, 0.15) is 0 Å². The first-order valence-corrected chi connectivity index (χ1v) is 44.2. The van der Waals surface area contributed by atoms with Crippen LogP contribution in [0, 0.1) is 0 Å². The van der Waals surface area contributed by atoms with Crippen LogP contribution in [0.5, 0.6) is 0 Å². The van der Waals surface area contributed by atoms with Crippen molar-refractivity contribution in [2.24, 2.45) is 0 Å². The summed E-state index contributed by atoms with van der Waals surface area (Å²) in [6.07, 6.45) is 0.547. The minimum atomic E-state index is -0.494. The van der Waals surface area contributed by atoms with Crippen molar-refractivity contribution in [1.82, 2.24) is 13.7 Å². The number of aromatic nitrogens is 3. The maximum absolute atomic E-state index is 9.95. The molecule has 0 saturated heterocycles. The van der Waals surface area contributed by atoms with Gasteiger partial charge in [0.15, 0.2) is 0 Å². The SMILES string of the molecule is [2H]c1c([2H])c([2H])c2c(c1[2H])c1c([2H])c([2H])c([2H])c([2H])c1n2-c1ccc2c(c1)N(CCc1cc(-c3ccccc3)cc(-c3ccccc3)c1)c1cc(Cn3c4ccccc4c4cc(N(c5ccccc5)c5ccccc5)ccc43)cc3c1B2c1ccc(Cn2c4ccc(C(C)(C)C)cc4c4cc(C(C)(C)C)ccc42)cc1N3Cc1c(-c2ccccc2)cc(C(C)(C)C)cc1-c1ccccc1. The van der Waals surface area contributed by atoms with Gasteiger partial charge < -0.3 is 28.4 Å². The molecule has 3 aromatic heterocycles. The predicted molar refractivity (Wildman–Crippen MR) is 537 cm³/mol. The van der Waals surface area contributed by atoms with Gasteiger partial charge in [-0.05, 0) is 244 Å². The monoisotopic (exact) mass is 1630 g/mol. The van der Waals surface area contributed by atoms with Crippen LogP contribution in [0.4, 0.5) is 39.8 Å². The highest BCUT2D eigenvalue weighted by Gasteiger charge is 2.44. The largest absolute Gasteiger partial charge is 0.342 e. The van der Waals surface area contributed by atoms with Crippen molar-refractivity contribution in [3.63, 3.8) is 0 Å². The highest BCUT2D eigenvalue weighted by Crippen LogP contribution is 2.48. The van der Waals surface area contributed by atoms with Crippen molar-refractivity contribution >= 4 is 128 Å². The van der Waals surface area contributed by atoms with E-state index >= 15 is 0 Å². The zero-order valence-corrected chi connectivity index (χ0v) is 72.6. The van der Waals surface area contributed by atoms with Crippen molar-refractivity contribution < 1.29 is 11.0 Å². The second-order valence-electron chi connectivity index (χ2n) is 37.4. The molecule has 0 atom stereocenters. The van der Waals surface area contributed by atoms with Gasteiger partial charge in [0.2, 0.25) is 0 Å². The van der Waals surface area contributed by atoms with Crippen LogP contribution in [0.25, 0.3) is 116 Å². The topological polar surface area (TPSA) is 24.5 Å². The molecule has 126 heavy (non-hydrogen) atoms. The highest BCUT2D eigenvalue weighted by molar-refractivity contribution is 7.00. The molecule has 0 radical (unpaired) electrons. The average molecular weight is 1630 g/mol. The molecule has 17 aromatic carbocycles. The van der Waals surface area contributed by atoms with Gasteiger partial charge in [-0.15, -0.1) is 0 Å². The molecule has 0 N–H and O–H groups in total. The van der Waals surface area contributed by atoms with Crippen LogP contribution < -0.4 is 31.1 Å². The summed E-state index contributed by atoms with van der Waals surface area (Å²) in [5, 5.41) is 4.72. The number of anilines is 7. The Morgan fingerprint density at radius 2 is 0.730 bits per heavy atom. The Bertz CT molecular complexity index is 7830. The molecule has 20 aromatic rings. The summed E-state index contributed by atoms with van der Waals surface area (Å²) in [5.41, 5.74) is 31.9. The number of nitrogens with zero attached hydrogens (tertiary/aromatic N) is 6. The van der Waals surface area contributed by atoms with E-state index in [0.717, 1.165) is 150 Å². The van der Waals surface area contributed by atoms with E-state index < -0.39 is 30.9 Å². The van der Waals surface area contributed by atoms with Crippen LogP contribution in [0.3, 0.4) is 0 Å². The predicted octanol–water partition coefficient (Wildman–Crippen LogP) is 29.0. The van der Waals surface area contributed by atoms with Crippen LogP contribution in [-0.4, -0.2) is 27.0 Å². The molecule has 0 amide bonds. The summed E-state index contributed by atoms with van der Waals surface area (Å²) in [5.74, 6) is 0. The van der Waals surface area contributed by atoms with E-state index in [-0.39, 0.29) is 62.2 Å². The number of para-hydroxylation sites is 5. The van der Waals surface area contributed by atoms with Crippen LogP contribution in [0.15, 0.2) is 388 Å². The lowest BCUT2D eigenvalue weighted by molar-refractivity contribution is 0.590. The van der Waals surface area contributed by atoms with E-state index in [2.05, 4.69) is 420 Å². The van der Waals surface area contributed by atoms with E-state index in [1.807, 2.05) is 6.07 Å². The Hall–Kier alpha value is -14.4. The summed E-state index contributed by atoms with van der Waals surface area (Å²) in [7, 11) is 0. The molecule has 0 fully saturated rings. The Morgan fingerprint density at radius 1 is 0.294 bits per heavy atom. The number of benzene rings is 17. The fourth-order valence-corrected chi connectivity index (χ4v) is 20.0. The molecule has 6 nitrogen and oxygen atoms in total. The summed E-state index contributed by atoms with van der Waals surface area (Å²) in [4.78, 5) is 7.51. The molecule has 610 valence electrons. The third kappa shape index (κ3) is 13.8. The quantitative estimate of drug-likeness (QED) is 0.0850. The van der Waals surface area contributed by atoms with Crippen LogP contribution >= 0.6 is 0 Å². The van der Waals surface area contributed by atoms with Gasteiger partial charge >= 0.3 is 0 Å². The maximum Gasteiger partial charge on any atom is 0.252 e. The minimum absolute atomic E-state index is 0.0203. The second-order valence-corrected chi connectivity index (χ2v) is 37.4. The first-order chi connectivity index (χ1) is 64.7. The fourth-order valence-electron chi connectivity index (χ4n) is 20.0. The molecule has 5 heterocycles. The van der Waals surface area contributed by atoms with Crippen molar-refractivity contribution in [2.45, 2.75) is 105 Å². The third-order valence-corrected chi connectivity index (χ3v) is 26.4. The number of rotatable bonds is 17.